The molecule has 0 radical (unpaired) electrons. The first kappa shape index (κ1) is 15.7. The summed E-state index contributed by atoms with van der Waals surface area (Å²) < 4.78 is 12.9. The van der Waals surface area contributed by atoms with Gasteiger partial charge in [-0.15, -0.1) is 0 Å². The largest absolute Gasteiger partial charge is 0.454 e. The Morgan fingerprint density at radius 1 is 1.20 bits per heavy atom. The van der Waals surface area contributed by atoms with Gasteiger partial charge in [0.2, 0.25) is 5.78 Å². The van der Waals surface area contributed by atoms with Crippen molar-refractivity contribution in [3.63, 3.8) is 0 Å². The van der Waals surface area contributed by atoms with Crippen LogP contribution in [-0.4, -0.2) is 22.9 Å². The van der Waals surface area contributed by atoms with Crippen LogP contribution in [0, 0.1) is 13.8 Å². The second kappa shape index (κ2) is 5.92. The molecule has 1 aromatic carbocycles. The predicted octanol–water partition coefficient (Wildman–Crippen LogP) is 4.23. The Bertz CT molecular complexity index is 942. The fourth-order valence-corrected chi connectivity index (χ4v) is 3.28. The number of esters is 1. The second-order valence-corrected chi connectivity index (χ2v) is 6.53. The molecular formula is C20H19NO4. The normalized spacial score (nSPS) is 14.0. The maximum absolute atomic E-state index is 12.4. The van der Waals surface area contributed by atoms with E-state index in [1.165, 1.54) is 0 Å². The van der Waals surface area contributed by atoms with Gasteiger partial charge in [0.1, 0.15) is 5.58 Å². The van der Waals surface area contributed by atoms with Crippen molar-refractivity contribution in [1.29, 1.82) is 0 Å². The molecule has 25 heavy (non-hydrogen) atoms. The molecule has 0 amide bonds. The van der Waals surface area contributed by atoms with Gasteiger partial charge in [-0.3, -0.25) is 4.79 Å². The zero-order valence-corrected chi connectivity index (χ0v) is 14.2. The zero-order valence-electron chi connectivity index (χ0n) is 14.2. The lowest BCUT2D eigenvalue weighted by Gasteiger charge is -2.07. The Kier molecular flexibility index (Phi) is 3.71. The number of benzene rings is 1. The lowest BCUT2D eigenvalue weighted by molar-refractivity contribution is 0.0467. The van der Waals surface area contributed by atoms with E-state index in [-0.39, 0.29) is 18.2 Å². The number of aromatic nitrogens is 1. The average Bonchev–Trinajstić information content (AvgIpc) is 3.25. The Balaban J connectivity index is 1.46. The number of ether oxygens (including phenoxy) is 1. The van der Waals surface area contributed by atoms with E-state index in [2.05, 4.69) is 4.57 Å². The predicted molar refractivity (Wildman–Crippen MR) is 93.0 cm³/mol. The maximum Gasteiger partial charge on any atom is 0.340 e. The monoisotopic (exact) mass is 337 g/mol. The third kappa shape index (κ3) is 2.86. The highest BCUT2D eigenvalue weighted by Gasteiger charge is 2.29. The maximum atomic E-state index is 12.4. The molecule has 0 aliphatic heterocycles. The highest BCUT2D eigenvalue weighted by molar-refractivity contribution is 6.00. The van der Waals surface area contributed by atoms with Crippen molar-refractivity contribution in [1.82, 2.24) is 4.57 Å². The minimum absolute atomic E-state index is 0.206. The number of ketones is 1. The second-order valence-electron chi connectivity index (χ2n) is 6.53. The van der Waals surface area contributed by atoms with Crippen LogP contribution in [-0.2, 0) is 4.74 Å². The van der Waals surface area contributed by atoms with E-state index >= 15 is 0 Å². The van der Waals surface area contributed by atoms with Crippen molar-refractivity contribution >= 4 is 22.7 Å². The van der Waals surface area contributed by atoms with Gasteiger partial charge >= 0.3 is 5.97 Å². The summed E-state index contributed by atoms with van der Waals surface area (Å²) in [5, 5.41) is 0.852. The number of furan rings is 1. The minimum Gasteiger partial charge on any atom is -0.454 e. The molecule has 0 bridgehead atoms. The van der Waals surface area contributed by atoms with Gasteiger partial charge in [0.25, 0.3) is 0 Å². The van der Waals surface area contributed by atoms with Crippen LogP contribution in [0.2, 0.25) is 0 Å². The van der Waals surface area contributed by atoms with Gasteiger partial charge in [0.15, 0.2) is 12.4 Å². The molecule has 0 unspecified atom stereocenters. The van der Waals surface area contributed by atoms with E-state index in [1.54, 1.807) is 12.1 Å². The summed E-state index contributed by atoms with van der Waals surface area (Å²) in [5.41, 5.74) is 3.13. The molecule has 5 nitrogen and oxygen atoms in total. The summed E-state index contributed by atoms with van der Waals surface area (Å²) in [6.07, 6.45) is 2.30. The number of Topliss-reactive ketones (excluding diaryl/α,β-unsaturated/α-hetero) is 1. The number of nitrogens with zero attached hydrogens (tertiary/aromatic N) is 1. The molecule has 1 saturated carbocycles. The van der Waals surface area contributed by atoms with Crippen molar-refractivity contribution in [3.05, 3.63) is 59.1 Å². The first-order chi connectivity index (χ1) is 12.0. The minimum atomic E-state index is -0.468. The molecule has 2 heterocycles. The van der Waals surface area contributed by atoms with Crippen molar-refractivity contribution < 1.29 is 18.7 Å². The number of carbonyl (C=O) groups excluding carboxylic acids is 2. The van der Waals surface area contributed by atoms with Crippen LogP contribution in [0.3, 0.4) is 0 Å². The SMILES string of the molecule is Cc1cc(C(=O)OCC(=O)c2cc3ccccc3o2)c(C)n1C1CC1. The highest BCUT2D eigenvalue weighted by Crippen LogP contribution is 2.38. The number of aryl methyl sites for hydroxylation is 1. The number of fused-ring (bicyclic) bond motifs is 1. The van der Waals surface area contributed by atoms with Gasteiger partial charge in [0, 0.05) is 22.8 Å². The fraction of sp³-hybridized carbons (Fsp3) is 0.300. The van der Waals surface area contributed by atoms with Gasteiger partial charge < -0.3 is 13.7 Å². The van der Waals surface area contributed by atoms with Crippen LogP contribution >= 0.6 is 0 Å². The summed E-state index contributed by atoms with van der Waals surface area (Å²) in [5.74, 6) is -0.609. The van der Waals surface area contributed by atoms with Gasteiger partial charge in [0.05, 0.1) is 5.56 Å². The van der Waals surface area contributed by atoms with Crippen molar-refractivity contribution in [2.75, 3.05) is 6.61 Å². The lowest BCUT2D eigenvalue weighted by Crippen LogP contribution is -2.14. The summed E-state index contributed by atoms with van der Waals surface area (Å²) >= 11 is 0. The van der Waals surface area contributed by atoms with Crippen LogP contribution in [0.4, 0.5) is 0 Å². The van der Waals surface area contributed by atoms with Crippen LogP contribution in [0.25, 0.3) is 11.0 Å². The van der Waals surface area contributed by atoms with Gasteiger partial charge in [-0.25, -0.2) is 4.79 Å². The van der Waals surface area contributed by atoms with Crippen LogP contribution < -0.4 is 0 Å². The average molecular weight is 337 g/mol. The molecule has 3 aromatic rings. The number of hydrogen-bond donors (Lipinski definition) is 0. The third-order valence-corrected chi connectivity index (χ3v) is 4.65. The molecule has 5 heteroatoms. The van der Waals surface area contributed by atoms with Crippen molar-refractivity contribution in [2.24, 2.45) is 0 Å². The van der Waals surface area contributed by atoms with Crippen LogP contribution in [0.5, 0.6) is 0 Å². The molecule has 0 saturated heterocycles. The van der Waals surface area contributed by atoms with Crippen LogP contribution in [0.15, 0.2) is 40.8 Å². The van der Waals surface area contributed by atoms with E-state index in [0.717, 1.165) is 29.6 Å². The molecule has 0 spiro atoms. The number of hydrogen-bond acceptors (Lipinski definition) is 4. The molecule has 1 fully saturated rings. The van der Waals surface area contributed by atoms with Crippen molar-refractivity contribution in [2.45, 2.75) is 32.7 Å². The van der Waals surface area contributed by atoms with E-state index in [9.17, 15) is 9.59 Å². The van der Waals surface area contributed by atoms with Gasteiger partial charge in [-0.05, 0) is 44.9 Å². The first-order valence-electron chi connectivity index (χ1n) is 8.42. The molecule has 0 atom stereocenters. The zero-order chi connectivity index (χ0) is 17.6. The Morgan fingerprint density at radius 3 is 2.68 bits per heavy atom. The number of rotatable bonds is 5. The number of carbonyl (C=O) groups is 2. The van der Waals surface area contributed by atoms with Crippen LogP contribution in [0.1, 0.15) is 51.2 Å². The van der Waals surface area contributed by atoms with E-state index in [0.29, 0.717) is 17.2 Å². The summed E-state index contributed by atoms with van der Waals surface area (Å²) in [4.78, 5) is 24.6. The molecular weight excluding hydrogens is 318 g/mol. The topological polar surface area (TPSA) is 61.4 Å². The Labute approximate surface area is 145 Å². The summed E-state index contributed by atoms with van der Waals surface area (Å²) in [7, 11) is 0. The molecule has 1 aliphatic rings. The van der Waals surface area contributed by atoms with Crippen molar-refractivity contribution in [3.8, 4) is 0 Å². The molecule has 0 N–H and O–H groups in total. The van der Waals surface area contributed by atoms with Gasteiger partial charge in [-0.2, -0.15) is 0 Å². The van der Waals surface area contributed by atoms with E-state index < -0.39 is 5.97 Å². The summed E-state index contributed by atoms with van der Waals surface area (Å²) in [6, 6.07) is 11.4. The van der Waals surface area contributed by atoms with E-state index in [1.807, 2.05) is 38.1 Å². The number of para-hydroxylation sites is 1. The smallest absolute Gasteiger partial charge is 0.340 e. The Hall–Kier alpha value is -2.82. The third-order valence-electron chi connectivity index (χ3n) is 4.65. The summed E-state index contributed by atoms with van der Waals surface area (Å²) in [6.45, 7) is 3.58. The molecule has 2 aromatic heterocycles. The standard InChI is InChI=1S/C20H19NO4/c1-12-9-16(13(2)21(12)15-7-8-15)20(23)24-11-17(22)19-10-14-5-3-4-6-18(14)25-19/h3-6,9-10,15H,7-8,11H2,1-2H3. The van der Waals surface area contributed by atoms with E-state index in [4.69, 9.17) is 9.15 Å². The molecule has 4 rings (SSSR count). The highest BCUT2D eigenvalue weighted by atomic mass is 16.5. The Morgan fingerprint density at radius 2 is 1.96 bits per heavy atom. The molecule has 128 valence electrons. The fourth-order valence-electron chi connectivity index (χ4n) is 3.28. The lowest BCUT2D eigenvalue weighted by atomic mass is 10.2. The first-order valence-corrected chi connectivity index (χ1v) is 8.42. The quantitative estimate of drug-likeness (QED) is 0.516. The van der Waals surface area contributed by atoms with Gasteiger partial charge in [-0.1, -0.05) is 18.2 Å². The molecule has 1 aliphatic carbocycles.